The molecule has 0 atom stereocenters. The largest absolute Gasteiger partial charge is 0.389 e. The third-order valence-corrected chi connectivity index (χ3v) is 2.79. The highest BCUT2D eigenvalue weighted by atomic mass is 27.0. The van der Waals surface area contributed by atoms with E-state index in [2.05, 4.69) is 5.32 Å². The Kier molecular flexibility index (Phi) is 2.91. The number of Topliss-reactive ketones (excluding diaryl/α,β-unsaturated/α-hetero) is 1. The number of rotatable bonds is 2. The maximum Gasteiger partial charge on any atom is 0.262 e. The zero-order valence-electron chi connectivity index (χ0n) is 7.64. The highest BCUT2D eigenvalue weighted by molar-refractivity contribution is 6.36. The summed E-state index contributed by atoms with van der Waals surface area (Å²) in [5, 5.41) is 3.07. The number of hydrogen-bond acceptors (Lipinski definition) is 2. The van der Waals surface area contributed by atoms with Crippen molar-refractivity contribution in [3.05, 3.63) is 23.8 Å². The number of hydrogen-bond donors (Lipinski definition) is 1. The summed E-state index contributed by atoms with van der Waals surface area (Å²) < 4.78 is 1.29. The molecule has 12 heavy (non-hydrogen) atoms. The Labute approximate surface area is 80.4 Å². The first-order chi connectivity index (χ1) is 5.65. The first-order valence-corrected chi connectivity index (χ1v) is 4.94. The van der Waals surface area contributed by atoms with Gasteiger partial charge in [0.25, 0.3) is 16.3 Å². The fourth-order valence-corrected chi connectivity index (χ4v) is 1.67. The topological polar surface area (TPSA) is 29.1 Å². The molecule has 0 heterocycles. The van der Waals surface area contributed by atoms with Gasteiger partial charge in [-0.05, 0) is 13.0 Å². The van der Waals surface area contributed by atoms with Gasteiger partial charge in [-0.1, -0.05) is 16.6 Å². The maximum absolute atomic E-state index is 11.0. The normalized spacial score (nSPS) is 9.50. The van der Waals surface area contributed by atoms with Gasteiger partial charge in [-0.2, -0.15) is 0 Å². The van der Waals surface area contributed by atoms with E-state index in [1.807, 2.05) is 25.2 Å². The van der Waals surface area contributed by atoms with E-state index in [-0.39, 0.29) is 5.78 Å². The monoisotopic (exact) mass is 177 g/mol. The zero-order valence-corrected chi connectivity index (χ0v) is 9.64. The fraction of sp³-hybridized carbons (Fsp3) is 0.222. The van der Waals surface area contributed by atoms with Crippen LogP contribution in [0.25, 0.3) is 0 Å². The molecular weight excluding hydrogens is 165 g/mol. The molecule has 1 N–H and O–H groups in total. The van der Waals surface area contributed by atoms with E-state index < -0.39 is 0 Å². The molecule has 0 aliphatic heterocycles. The second-order valence-corrected chi connectivity index (χ2v) is 3.91. The van der Waals surface area contributed by atoms with Crippen molar-refractivity contribution in [1.82, 2.24) is 0 Å². The summed E-state index contributed by atoms with van der Waals surface area (Å²) in [4.78, 5) is 11.0. The molecule has 0 radical (unpaired) electrons. The quantitative estimate of drug-likeness (QED) is 0.516. The van der Waals surface area contributed by atoms with E-state index in [1.54, 1.807) is 6.92 Å². The van der Waals surface area contributed by atoms with Crippen LogP contribution in [0.3, 0.4) is 0 Å². The van der Waals surface area contributed by atoms with Crippen molar-refractivity contribution in [2.45, 2.75) is 6.92 Å². The van der Waals surface area contributed by atoms with E-state index in [9.17, 15) is 4.79 Å². The molecule has 0 spiro atoms. The van der Waals surface area contributed by atoms with Gasteiger partial charge >= 0.3 is 0 Å². The Bertz CT molecular complexity index is 309. The van der Waals surface area contributed by atoms with Crippen molar-refractivity contribution in [3.8, 4) is 0 Å². The Morgan fingerprint density at radius 2 is 2.17 bits per heavy atom. The Hall–Kier alpha value is -0.778. The minimum Gasteiger partial charge on any atom is -0.389 e. The van der Waals surface area contributed by atoms with Gasteiger partial charge in [0.2, 0.25) is 0 Å². The standard InChI is InChI=1S/C9H10NO.Al.2H/c1-7(11)8-4-3-5-9(6-8)10-2;;;/h3-4,6,10H,1-2H3;;;. The molecule has 1 aromatic rings. The Balaban J connectivity index is 3.13. The van der Waals surface area contributed by atoms with Crippen molar-refractivity contribution in [2.24, 2.45) is 0 Å². The smallest absolute Gasteiger partial charge is 0.262 e. The summed E-state index contributed by atoms with van der Waals surface area (Å²) in [6.07, 6.45) is 0. The first-order valence-electron chi connectivity index (χ1n) is 3.94. The van der Waals surface area contributed by atoms with E-state index in [0.717, 1.165) is 27.5 Å². The highest BCUT2D eigenvalue weighted by Gasteiger charge is 2.01. The maximum atomic E-state index is 11.0. The van der Waals surface area contributed by atoms with Crippen molar-refractivity contribution < 1.29 is 4.79 Å². The lowest BCUT2D eigenvalue weighted by atomic mass is 10.1. The van der Waals surface area contributed by atoms with Gasteiger partial charge in [0.15, 0.2) is 5.78 Å². The predicted octanol–water partition coefficient (Wildman–Crippen LogP) is 0.189. The molecule has 62 valence electrons. The van der Waals surface area contributed by atoms with Gasteiger partial charge in [-0.15, -0.1) is 0 Å². The van der Waals surface area contributed by atoms with Crippen molar-refractivity contribution in [3.63, 3.8) is 0 Å². The molecule has 0 unspecified atom stereocenters. The van der Waals surface area contributed by atoms with E-state index in [0.29, 0.717) is 0 Å². The lowest BCUT2D eigenvalue weighted by Crippen LogP contribution is -2.10. The van der Waals surface area contributed by atoms with Crippen molar-refractivity contribution >= 4 is 32.2 Å². The second-order valence-electron chi connectivity index (χ2n) is 2.84. The minimum atomic E-state index is 0.119. The SMILES string of the molecule is CNc1cc(C(C)=O)cc[c]1[AlH2]. The van der Waals surface area contributed by atoms with Crippen LogP contribution in [-0.4, -0.2) is 29.1 Å². The molecule has 0 aliphatic rings. The lowest BCUT2D eigenvalue weighted by molar-refractivity contribution is 0.101. The van der Waals surface area contributed by atoms with Crippen LogP contribution in [0, 0.1) is 0 Å². The predicted molar refractivity (Wildman–Crippen MR) is 54.2 cm³/mol. The molecule has 0 aromatic heterocycles. The molecule has 2 nitrogen and oxygen atoms in total. The van der Waals surface area contributed by atoms with E-state index >= 15 is 0 Å². The third kappa shape index (κ3) is 1.88. The molecule has 0 saturated carbocycles. The number of anilines is 1. The number of carbonyl (C=O) groups is 1. The van der Waals surface area contributed by atoms with Gasteiger partial charge in [-0.25, -0.2) is 0 Å². The first kappa shape index (κ1) is 9.31. The summed E-state index contributed by atoms with van der Waals surface area (Å²) in [5.41, 5.74) is 1.85. The van der Waals surface area contributed by atoms with Gasteiger partial charge in [0.1, 0.15) is 0 Å². The van der Waals surface area contributed by atoms with Gasteiger partial charge < -0.3 is 5.32 Å². The summed E-state index contributed by atoms with van der Waals surface area (Å²) >= 11 is 1.01. The molecule has 0 amide bonds. The van der Waals surface area contributed by atoms with Gasteiger partial charge in [0, 0.05) is 18.3 Å². The molecule has 0 aliphatic carbocycles. The highest BCUT2D eigenvalue weighted by Crippen LogP contribution is 2.06. The van der Waals surface area contributed by atoms with E-state index in [1.165, 1.54) is 4.43 Å². The van der Waals surface area contributed by atoms with Crippen LogP contribution in [0.1, 0.15) is 17.3 Å². The number of carbonyl (C=O) groups excluding carboxylic acids is 1. The zero-order chi connectivity index (χ0) is 9.14. The van der Waals surface area contributed by atoms with Crippen LogP contribution >= 0.6 is 0 Å². The van der Waals surface area contributed by atoms with Crippen LogP contribution < -0.4 is 9.74 Å². The molecule has 0 saturated heterocycles. The number of ketones is 1. The van der Waals surface area contributed by atoms with Crippen LogP contribution in [0.4, 0.5) is 5.69 Å². The summed E-state index contributed by atoms with van der Waals surface area (Å²) in [6.45, 7) is 1.58. The van der Waals surface area contributed by atoms with Crippen LogP contribution in [0.5, 0.6) is 0 Å². The molecule has 1 aromatic carbocycles. The van der Waals surface area contributed by atoms with Gasteiger partial charge in [-0.3, -0.25) is 4.79 Å². The fourth-order valence-electron chi connectivity index (χ4n) is 1.11. The van der Waals surface area contributed by atoms with E-state index in [4.69, 9.17) is 0 Å². The number of benzene rings is 1. The van der Waals surface area contributed by atoms with Crippen molar-refractivity contribution in [1.29, 1.82) is 0 Å². The lowest BCUT2D eigenvalue weighted by Gasteiger charge is -2.06. The van der Waals surface area contributed by atoms with Crippen molar-refractivity contribution in [2.75, 3.05) is 12.4 Å². The average Bonchev–Trinajstić information content (AvgIpc) is 2.05. The molecule has 0 fully saturated rings. The van der Waals surface area contributed by atoms with Gasteiger partial charge in [0.05, 0.1) is 0 Å². The third-order valence-electron chi connectivity index (χ3n) is 1.91. The summed E-state index contributed by atoms with van der Waals surface area (Å²) in [7, 11) is 1.88. The molecule has 1 rings (SSSR count). The Morgan fingerprint density at radius 3 is 2.67 bits per heavy atom. The van der Waals surface area contributed by atoms with Crippen LogP contribution in [0.2, 0.25) is 0 Å². The molecule has 0 bridgehead atoms. The minimum absolute atomic E-state index is 0.119. The van der Waals surface area contributed by atoms with Crippen LogP contribution in [0.15, 0.2) is 18.2 Å². The summed E-state index contributed by atoms with van der Waals surface area (Å²) in [5.74, 6) is 0.119. The molecule has 3 heteroatoms. The Morgan fingerprint density at radius 1 is 1.50 bits per heavy atom. The number of nitrogens with one attached hydrogen (secondary N) is 1. The second kappa shape index (κ2) is 3.75. The van der Waals surface area contributed by atoms with Crippen LogP contribution in [-0.2, 0) is 0 Å². The summed E-state index contributed by atoms with van der Waals surface area (Å²) in [6, 6.07) is 5.80. The molecular formula is C9H12AlNO. The average molecular weight is 177 g/mol.